The summed E-state index contributed by atoms with van der Waals surface area (Å²) in [6, 6.07) is 8.98. The average molecular weight is 577 g/mol. The Labute approximate surface area is 240 Å². The molecule has 0 spiro atoms. The van der Waals surface area contributed by atoms with Gasteiger partial charge in [0.1, 0.15) is 5.75 Å². The number of carbonyl (C=O) groups is 3. The predicted molar refractivity (Wildman–Crippen MR) is 152 cm³/mol. The number of ether oxygens (including phenoxy) is 1. The van der Waals surface area contributed by atoms with Gasteiger partial charge in [-0.2, -0.15) is 5.10 Å². The van der Waals surface area contributed by atoms with Crippen LogP contribution >= 0.6 is 0 Å². The van der Waals surface area contributed by atoms with Crippen LogP contribution in [0.3, 0.4) is 0 Å². The van der Waals surface area contributed by atoms with E-state index in [9.17, 15) is 14.4 Å². The van der Waals surface area contributed by atoms with E-state index in [1.807, 2.05) is 17.9 Å². The lowest BCUT2D eigenvalue weighted by atomic mass is 9.78. The van der Waals surface area contributed by atoms with Gasteiger partial charge in [-0.25, -0.2) is 4.79 Å². The third kappa shape index (κ3) is 10.1. The Hall–Kier alpha value is -3.48. The molecule has 5 N–H and O–H groups in total. The van der Waals surface area contributed by atoms with Gasteiger partial charge in [-0.3, -0.25) is 19.2 Å². The summed E-state index contributed by atoms with van der Waals surface area (Å²) in [6.45, 7) is 13.3. The van der Waals surface area contributed by atoms with E-state index in [1.165, 1.54) is 16.8 Å². The Kier molecular flexibility index (Phi) is 11.1. The molecule has 2 heterocycles. The van der Waals surface area contributed by atoms with Crippen LogP contribution in [-0.4, -0.2) is 82.8 Å². The maximum absolute atomic E-state index is 10.3. The highest BCUT2D eigenvalue weighted by Gasteiger charge is 2.41. The van der Waals surface area contributed by atoms with Gasteiger partial charge in [-0.15, -0.1) is 0 Å². The number of carboxylic acids is 3. The maximum Gasteiger partial charge on any atom is 0.336 e. The van der Waals surface area contributed by atoms with Gasteiger partial charge in [-0.1, -0.05) is 12.1 Å². The molecule has 1 fully saturated rings. The van der Waals surface area contributed by atoms with Gasteiger partial charge in [0.05, 0.1) is 26.1 Å². The van der Waals surface area contributed by atoms with Crippen molar-refractivity contribution in [1.82, 2.24) is 20.0 Å². The summed E-state index contributed by atoms with van der Waals surface area (Å²) < 4.78 is 7.30. The summed E-state index contributed by atoms with van der Waals surface area (Å²) in [5.74, 6) is -4.11. The first-order valence-corrected chi connectivity index (χ1v) is 13.4. The van der Waals surface area contributed by atoms with Crippen molar-refractivity contribution in [2.75, 3.05) is 7.11 Å². The van der Waals surface area contributed by atoms with Crippen LogP contribution in [0.1, 0.15) is 70.2 Å². The minimum atomic E-state index is -2.74. The molecule has 0 atom stereocenters. The Bertz CT molecular complexity index is 1170. The summed E-state index contributed by atoms with van der Waals surface area (Å²) in [4.78, 5) is 33.1. The number of hydrogen-bond acceptors (Lipinski definition) is 8. The molecule has 3 rings (SSSR count). The minimum absolute atomic E-state index is 0.120. The third-order valence-corrected chi connectivity index (χ3v) is 7.23. The lowest BCUT2D eigenvalue weighted by molar-refractivity contribution is -0.170. The standard InChI is InChI=1S/C23H36N4O.C6H8O7/c1-17-19(14-24-26(17)6)16-27(15-18-8-10-21(28-7)11-9-18)20-12-22(2,3)25-23(4,5)13-20;7-3(8)1-6(13,5(11)12)2-4(9)10/h8-11,14,20,25H,12-13,15-16H2,1-7H3;13H,1-2H2,(H,7,8)(H,9,10)(H,11,12). The summed E-state index contributed by atoms with van der Waals surface area (Å²) in [5.41, 5.74) is 1.37. The summed E-state index contributed by atoms with van der Waals surface area (Å²) in [7, 11) is 3.73. The van der Waals surface area contributed by atoms with E-state index in [-0.39, 0.29) is 11.1 Å². The zero-order chi connectivity index (χ0) is 31.2. The molecule has 41 heavy (non-hydrogen) atoms. The molecule has 1 aromatic heterocycles. The van der Waals surface area contributed by atoms with Crippen molar-refractivity contribution < 1.29 is 39.5 Å². The van der Waals surface area contributed by atoms with E-state index in [0.717, 1.165) is 31.7 Å². The molecule has 0 aliphatic carbocycles. The number of nitrogens with one attached hydrogen (secondary N) is 1. The molecule has 0 amide bonds. The molecule has 0 radical (unpaired) electrons. The second-order valence-electron chi connectivity index (χ2n) is 12.1. The summed E-state index contributed by atoms with van der Waals surface area (Å²) in [5, 5.41) is 42.1. The molecule has 0 saturated carbocycles. The fourth-order valence-corrected chi connectivity index (χ4v) is 5.44. The molecule has 228 valence electrons. The zero-order valence-corrected chi connectivity index (χ0v) is 25.0. The molecule has 1 aliphatic heterocycles. The largest absolute Gasteiger partial charge is 0.497 e. The van der Waals surface area contributed by atoms with Crippen LogP contribution in [-0.2, 0) is 34.5 Å². The van der Waals surface area contributed by atoms with E-state index < -0.39 is 36.4 Å². The monoisotopic (exact) mass is 576 g/mol. The summed E-state index contributed by atoms with van der Waals surface area (Å²) in [6.07, 6.45) is 1.99. The SMILES string of the molecule is COc1ccc(CN(Cc2cnn(C)c2C)C2CC(C)(C)NC(C)(C)C2)cc1.O=C(O)CC(O)(CC(=O)O)C(=O)O. The second kappa shape index (κ2) is 13.5. The number of hydrogen-bond donors (Lipinski definition) is 5. The van der Waals surface area contributed by atoms with Gasteiger partial charge in [0.25, 0.3) is 0 Å². The number of nitrogens with zero attached hydrogens (tertiary/aromatic N) is 3. The third-order valence-electron chi connectivity index (χ3n) is 7.23. The first kappa shape index (κ1) is 33.7. The number of carboxylic acid groups (broad SMARTS) is 3. The van der Waals surface area contributed by atoms with Crippen LogP contribution in [0.5, 0.6) is 5.75 Å². The normalized spacial score (nSPS) is 16.5. The molecule has 2 aromatic rings. The average Bonchev–Trinajstić information content (AvgIpc) is 3.13. The van der Waals surface area contributed by atoms with E-state index in [0.29, 0.717) is 6.04 Å². The van der Waals surface area contributed by atoms with E-state index in [4.69, 9.17) is 25.2 Å². The first-order valence-electron chi connectivity index (χ1n) is 13.4. The number of rotatable bonds is 11. The molecule has 1 saturated heterocycles. The smallest absolute Gasteiger partial charge is 0.336 e. The molecule has 0 unspecified atom stereocenters. The highest BCUT2D eigenvalue weighted by atomic mass is 16.5. The Morgan fingerprint density at radius 2 is 1.54 bits per heavy atom. The van der Waals surface area contributed by atoms with Gasteiger partial charge in [-0.05, 0) is 65.2 Å². The molecule has 1 aliphatic rings. The highest BCUT2D eigenvalue weighted by Crippen LogP contribution is 2.33. The predicted octanol–water partition coefficient (Wildman–Crippen LogP) is 2.80. The molecular formula is C29H44N4O8. The van der Waals surface area contributed by atoms with Gasteiger partial charge < -0.3 is 30.5 Å². The van der Waals surface area contributed by atoms with Crippen LogP contribution in [0.15, 0.2) is 30.5 Å². The number of aliphatic hydroxyl groups is 1. The lowest BCUT2D eigenvalue weighted by Gasteiger charge is -2.49. The number of methoxy groups -OCH3 is 1. The molecular weight excluding hydrogens is 532 g/mol. The van der Waals surface area contributed by atoms with Crippen LogP contribution in [0.25, 0.3) is 0 Å². The second-order valence-corrected chi connectivity index (χ2v) is 12.1. The topological polar surface area (TPSA) is 174 Å². The van der Waals surface area contributed by atoms with Crippen LogP contribution in [0.4, 0.5) is 0 Å². The van der Waals surface area contributed by atoms with Gasteiger partial charge >= 0.3 is 17.9 Å². The fourth-order valence-electron chi connectivity index (χ4n) is 5.44. The quantitative estimate of drug-likeness (QED) is 0.266. The first-order chi connectivity index (χ1) is 18.9. The van der Waals surface area contributed by atoms with Crippen molar-refractivity contribution >= 4 is 17.9 Å². The Morgan fingerprint density at radius 3 is 1.93 bits per heavy atom. The van der Waals surface area contributed by atoms with Crippen molar-refractivity contribution in [2.24, 2.45) is 7.05 Å². The van der Waals surface area contributed by atoms with E-state index in [1.54, 1.807) is 7.11 Å². The number of aromatic nitrogens is 2. The Balaban J connectivity index is 0.000000383. The van der Waals surface area contributed by atoms with Crippen LogP contribution in [0, 0.1) is 6.92 Å². The van der Waals surface area contributed by atoms with Crippen LogP contribution < -0.4 is 10.1 Å². The van der Waals surface area contributed by atoms with Gasteiger partial charge in [0.2, 0.25) is 0 Å². The van der Waals surface area contributed by atoms with Crippen molar-refractivity contribution in [1.29, 1.82) is 0 Å². The van der Waals surface area contributed by atoms with E-state index in [2.05, 4.69) is 74.2 Å². The Morgan fingerprint density at radius 1 is 1.02 bits per heavy atom. The number of benzene rings is 1. The number of aliphatic carboxylic acids is 3. The van der Waals surface area contributed by atoms with Crippen molar-refractivity contribution in [3.63, 3.8) is 0 Å². The van der Waals surface area contributed by atoms with Crippen molar-refractivity contribution in [3.05, 3.63) is 47.3 Å². The number of aryl methyl sites for hydroxylation is 1. The van der Waals surface area contributed by atoms with E-state index >= 15 is 0 Å². The molecule has 0 bridgehead atoms. The van der Waals surface area contributed by atoms with Crippen molar-refractivity contribution in [3.8, 4) is 5.75 Å². The number of piperidine rings is 1. The summed E-state index contributed by atoms with van der Waals surface area (Å²) >= 11 is 0. The van der Waals surface area contributed by atoms with Gasteiger partial charge in [0, 0.05) is 48.5 Å². The maximum atomic E-state index is 10.3. The zero-order valence-electron chi connectivity index (χ0n) is 25.0. The molecule has 12 nitrogen and oxygen atoms in total. The van der Waals surface area contributed by atoms with Crippen LogP contribution in [0.2, 0.25) is 0 Å². The lowest BCUT2D eigenvalue weighted by Crippen LogP contribution is -2.62. The highest BCUT2D eigenvalue weighted by molar-refractivity contribution is 5.88. The fraction of sp³-hybridized carbons (Fsp3) is 0.586. The molecule has 12 heteroatoms. The van der Waals surface area contributed by atoms with Gasteiger partial charge in [0.15, 0.2) is 5.60 Å². The molecule has 1 aromatic carbocycles. The van der Waals surface area contributed by atoms with Crippen molar-refractivity contribution in [2.45, 2.75) is 96.1 Å². The minimum Gasteiger partial charge on any atom is -0.497 e.